The van der Waals surface area contributed by atoms with Crippen molar-refractivity contribution in [2.24, 2.45) is 5.73 Å². The number of aromatic amines is 1. The topological polar surface area (TPSA) is 154 Å². The average molecular weight is 423 g/mol. The van der Waals surface area contributed by atoms with E-state index in [2.05, 4.69) is 4.98 Å². The Morgan fingerprint density at radius 3 is 2.31 bits per heavy atom. The van der Waals surface area contributed by atoms with Crippen molar-refractivity contribution in [3.05, 3.63) is 47.7 Å². The van der Waals surface area contributed by atoms with Crippen LogP contribution < -0.4 is 5.73 Å². The molecule has 0 atom stereocenters. The van der Waals surface area contributed by atoms with E-state index in [-0.39, 0.29) is 5.75 Å². The lowest BCUT2D eigenvalue weighted by Gasteiger charge is -2.15. The number of sulfonamides is 1. The highest BCUT2D eigenvalue weighted by Crippen LogP contribution is 2.23. The Kier molecular flexibility index (Phi) is 7.94. The van der Waals surface area contributed by atoms with Gasteiger partial charge in [-0.05, 0) is 49.1 Å². The van der Waals surface area contributed by atoms with E-state index in [0.29, 0.717) is 31.8 Å². The van der Waals surface area contributed by atoms with E-state index in [1.807, 2.05) is 24.4 Å². The van der Waals surface area contributed by atoms with Gasteiger partial charge in [0.15, 0.2) is 0 Å². The van der Waals surface area contributed by atoms with Gasteiger partial charge in [0, 0.05) is 42.3 Å². The van der Waals surface area contributed by atoms with Crippen molar-refractivity contribution in [1.82, 2.24) is 9.29 Å². The molecular formula is C19H25N3O6S. The normalized spacial score (nSPS) is 14.8. The summed E-state index contributed by atoms with van der Waals surface area (Å²) in [7, 11) is -3.19. The number of carboxylic acids is 2. The molecule has 10 heteroatoms. The Bertz CT molecular complexity index is 975. The summed E-state index contributed by atoms with van der Waals surface area (Å²) in [6.45, 7) is 1.91. The maximum Gasteiger partial charge on any atom is 0.328 e. The molecule has 158 valence electrons. The molecule has 0 radical (unpaired) electrons. The Balaban J connectivity index is 0.000000321. The van der Waals surface area contributed by atoms with Gasteiger partial charge in [-0.3, -0.25) is 0 Å². The van der Waals surface area contributed by atoms with E-state index in [0.717, 1.165) is 41.3 Å². The van der Waals surface area contributed by atoms with Crippen molar-refractivity contribution in [2.75, 3.05) is 19.6 Å². The predicted octanol–water partition coefficient (Wildman–Crippen LogP) is 1.31. The molecule has 9 nitrogen and oxygen atoms in total. The number of carboxylic acid groups (broad SMARTS) is 2. The Morgan fingerprint density at radius 2 is 1.76 bits per heavy atom. The molecule has 0 bridgehead atoms. The highest BCUT2D eigenvalue weighted by molar-refractivity contribution is 7.88. The van der Waals surface area contributed by atoms with E-state index in [4.69, 9.17) is 15.9 Å². The van der Waals surface area contributed by atoms with Crippen molar-refractivity contribution >= 4 is 32.9 Å². The molecule has 0 unspecified atom stereocenters. The smallest absolute Gasteiger partial charge is 0.328 e. The first-order valence-electron chi connectivity index (χ1n) is 9.13. The number of rotatable bonds is 7. The van der Waals surface area contributed by atoms with Gasteiger partial charge in [-0.15, -0.1) is 0 Å². The summed E-state index contributed by atoms with van der Waals surface area (Å²) in [5.41, 5.74) is 8.63. The van der Waals surface area contributed by atoms with Crippen LogP contribution in [0.5, 0.6) is 0 Å². The second-order valence-corrected chi connectivity index (χ2v) is 8.57. The number of nitrogens with two attached hydrogens (primary N) is 1. The molecule has 1 aromatic heterocycles. The van der Waals surface area contributed by atoms with Gasteiger partial charge in [-0.1, -0.05) is 6.07 Å². The molecule has 3 rings (SSSR count). The summed E-state index contributed by atoms with van der Waals surface area (Å²) < 4.78 is 26.4. The summed E-state index contributed by atoms with van der Waals surface area (Å²) in [6.07, 6.45) is 5.80. The van der Waals surface area contributed by atoms with Crippen LogP contribution in [0.15, 0.2) is 36.5 Å². The first-order valence-corrected chi connectivity index (χ1v) is 10.7. The third-order valence-electron chi connectivity index (χ3n) is 4.42. The fourth-order valence-electron chi connectivity index (χ4n) is 3.09. The lowest BCUT2D eigenvalue weighted by Crippen LogP contribution is -2.29. The number of carbonyl (C=O) groups is 2. The summed E-state index contributed by atoms with van der Waals surface area (Å²) in [5, 5.41) is 16.7. The highest BCUT2D eigenvalue weighted by atomic mass is 32.2. The number of hydrogen-bond acceptors (Lipinski definition) is 5. The molecule has 1 saturated heterocycles. The molecule has 0 aliphatic carbocycles. The molecule has 0 amide bonds. The Hall–Kier alpha value is -2.69. The maximum atomic E-state index is 12.4. The second-order valence-electron chi connectivity index (χ2n) is 6.60. The van der Waals surface area contributed by atoms with Crippen molar-refractivity contribution in [2.45, 2.75) is 25.0 Å². The van der Waals surface area contributed by atoms with Crippen LogP contribution in [0, 0.1) is 0 Å². The molecule has 5 N–H and O–H groups in total. The van der Waals surface area contributed by atoms with Crippen molar-refractivity contribution in [3.8, 4) is 0 Å². The molecule has 2 heterocycles. The monoisotopic (exact) mass is 423 g/mol. The molecule has 1 aromatic carbocycles. The third kappa shape index (κ3) is 6.70. The summed E-state index contributed by atoms with van der Waals surface area (Å²) >= 11 is 0. The van der Waals surface area contributed by atoms with E-state index >= 15 is 0 Å². The highest BCUT2D eigenvalue weighted by Gasteiger charge is 2.25. The fourth-order valence-corrected chi connectivity index (χ4v) is 4.69. The van der Waals surface area contributed by atoms with Crippen LogP contribution >= 0.6 is 0 Å². The summed E-state index contributed by atoms with van der Waals surface area (Å²) in [5.74, 6) is -2.43. The van der Waals surface area contributed by atoms with E-state index < -0.39 is 22.0 Å². The van der Waals surface area contributed by atoms with Gasteiger partial charge < -0.3 is 20.9 Å². The molecule has 29 heavy (non-hydrogen) atoms. The second kappa shape index (κ2) is 10.2. The Morgan fingerprint density at radius 1 is 1.14 bits per heavy atom. The number of aromatic nitrogens is 1. The van der Waals surface area contributed by atoms with Crippen molar-refractivity contribution in [1.29, 1.82) is 0 Å². The number of H-pyrrole nitrogens is 1. The lowest BCUT2D eigenvalue weighted by atomic mass is 10.1. The van der Waals surface area contributed by atoms with Gasteiger partial charge >= 0.3 is 11.9 Å². The number of hydrogen-bond donors (Lipinski definition) is 4. The molecular weight excluding hydrogens is 398 g/mol. The lowest BCUT2D eigenvalue weighted by molar-refractivity contribution is -0.134. The van der Waals surface area contributed by atoms with Crippen molar-refractivity contribution in [3.63, 3.8) is 0 Å². The zero-order chi connectivity index (χ0) is 21.4. The van der Waals surface area contributed by atoms with Gasteiger partial charge in [0.2, 0.25) is 10.0 Å². The predicted molar refractivity (Wildman–Crippen MR) is 109 cm³/mol. The van der Waals surface area contributed by atoms with Crippen LogP contribution in [0.2, 0.25) is 0 Å². The maximum absolute atomic E-state index is 12.4. The molecule has 1 aliphatic rings. The Labute approximate surface area is 168 Å². The van der Waals surface area contributed by atoms with Crippen LogP contribution in [-0.4, -0.2) is 59.5 Å². The quantitative estimate of drug-likeness (QED) is 0.490. The minimum Gasteiger partial charge on any atom is -0.478 e. The number of nitrogens with zero attached hydrogens (tertiary/aromatic N) is 1. The third-order valence-corrected chi connectivity index (χ3v) is 6.27. The molecule has 1 fully saturated rings. The molecule has 0 saturated carbocycles. The summed E-state index contributed by atoms with van der Waals surface area (Å²) in [4.78, 5) is 22.3. The van der Waals surface area contributed by atoms with Crippen LogP contribution in [0.4, 0.5) is 0 Å². The van der Waals surface area contributed by atoms with Gasteiger partial charge in [0.05, 0.1) is 5.75 Å². The van der Waals surface area contributed by atoms with Crippen LogP contribution in [0.3, 0.4) is 0 Å². The fraction of sp³-hybridized carbons (Fsp3) is 0.368. The van der Waals surface area contributed by atoms with Crippen LogP contribution in [0.1, 0.15) is 24.0 Å². The molecule has 1 aliphatic heterocycles. The number of benzene rings is 1. The summed E-state index contributed by atoms with van der Waals surface area (Å²) in [6, 6.07) is 5.81. The van der Waals surface area contributed by atoms with Crippen LogP contribution in [-0.2, 0) is 31.8 Å². The minimum atomic E-state index is -3.19. The van der Waals surface area contributed by atoms with E-state index in [1.165, 1.54) is 0 Å². The minimum absolute atomic E-state index is 0.0795. The van der Waals surface area contributed by atoms with Crippen LogP contribution in [0.25, 0.3) is 10.9 Å². The van der Waals surface area contributed by atoms with E-state index in [9.17, 15) is 18.0 Å². The van der Waals surface area contributed by atoms with E-state index in [1.54, 1.807) is 4.31 Å². The van der Waals surface area contributed by atoms with Gasteiger partial charge in [-0.2, -0.15) is 0 Å². The van der Waals surface area contributed by atoms with Gasteiger partial charge in [-0.25, -0.2) is 22.3 Å². The zero-order valence-electron chi connectivity index (χ0n) is 15.9. The largest absolute Gasteiger partial charge is 0.478 e. The number of nitrogens with one attached hydrogen (secondary N) is 1. The van der Waals surface area contributed by atoms with Crippen molar-refractivity contribution < 1.29 is 28.2 Å². The molecule has 0 spiro atoms. The first-order chi connectivity index (χ1) is 13.7. The number of fused-ring (bicyclic) bond motifs is 1. The standard InChI is InChI=1S/C15H21N3O2S.C4H4O4/c16-6-5-13-10-17-15-4-3-12(9-14(13)15)11-21(19,20)18-7-1-2-8-18;5-3(6)1-2-4(7)8/h3-4,9-10,17H,1-2,5-8,11,16H2;1-2H,(H,5,6)(H,7,8). The van der Waals surface area contributed by atoms with Gasteiger partial charge in [0.1, 0.15) is 0 Å². The molecule has 2 aromatic rings. The average Bonchev–Trinajstić information content (AvgIpc) is 3.32. The number of aliphatic carboxylic acids is 2. The zero-order valence-corrected chi connectivity index (χ0v) is 16.7. The SMILES string of the molecule is NCCc1c[nH]c2ccc(CS(=O)(=O)N3CCCC3)cc12.O=C(O)C=CC(=O)O. The van der Waals surface area contributed by atoms with Gasteiger partial charge in [0.25, 0.3) is 0 Å². The first kappa shape index (κ1) is 22.6.